The van der Waals surface area contributed by atoms with Gasteiger partial charge >= 0.3 is 11.9 Å². The zero-order valence-corrected chi connectivity index (χ0v) is 17.5. The predicted molar refractivity (Wildman–Crippen MR) is 109 cm³/mol. The summed E-state index contributed by atoms with van der Waals surface area (Å²) in [6.07, 6.45) is 3.29. The molecule has 0 heterocycles. The first-order valence-electron chi connectivity index (χ1n) is 10.0. The molecular weight excluding hydrogens is 376 g/mol. The summed E-state index contributed by atoms with van der Waals surface area (Å²) in [6.45, 7) is 6.19. The molecule has 1 amide bonds. The topological polar surface area (TPSA) is 117 Å². The number of nitrogens with two attached hydrogens (primary N) is 1. The van der Waals surface area contributed by atoms with E-state index in [0.717, 1.165) is 19.3 Å². The number of nitrogens with one attached hydrogen (secondary N) is 1. The van der Waals surface area contributed by atoms with E-state index >= 15 is 0 Å². The second kappa shape index (κ2) is 13.5. The smallest absolute Gasteiger partial charge is 0.344 e. The molecule has 0 radical (unpaired) electrons. The molecule has 0 spiro atoms. The van der Waals surface area contributed by atoms with Crippen molar-refractivity contribution in [1.82, 2.24) is 5.32 Å². The van der Waals surface area contributed by atoms with E-state index in [1.54, 1.807) is 32.0 Å². The number of carbonyl (C=O) groups is 3. The van der Waals surface area contributed by atoms with Crippen LogP contribution < -0.4 is 15.8 Å². The second-order valence-electron chi connectivity index (χ2n) is 6.45. The van der Waals surface area contributed by atoms with Crippen LogP contribution in [0.5, 0.6) is 5.75 Å². The Morgan fingerprint density at radius 2 is 1.79 bits per heavy atom. The molecule has 0 aliphatic carbocycles. The Morgan fingerprint density at radius 3 is 2.45 bits per heavy atom. The molecule has 8 nitrogen and oxygen atoms in total. The van der Waals surface area contributed by atoms with Crippen LogP contribution in [0, 0.1) is 0 Å². The maximum absolute atomic E-state index is 12.3. The Labute approximate surface area is 172 Å². The number of amides is 1. The first-order chi connectivity index (χ1) is 13.9. The van der Waals surface area contributed by atoms with Gasteiger partial charge in [-0.15, -0.1) is 0 Å². The molecule has 29 heavy (non-hydrogen) atoms. The van der Waals surface area contributed by atoms with Gasteiger partial charge in [0.25, 0.3) is 0 Å². The number of hydrogen-bond acceptors (Lipinski definition) is 7. The van der Waals surface area contributed by atoms with E-state index in [1.165, 1.54) is 0 Å². The number of unbranched alkanes of at least 4 members (excludes halogenated alkanes) is 2. The van der Waals surface area contributed by atoms with Gasteiger partial charge in [-0.1, -0.05) is 25.8 Å². The summed E-state index contributed by atoms with van der Waals surface area (Å²) in [5.41, 5.74) is 6.86. The lowest BCUT2D eigenvalue weighted by molar-refractivity contribution is -0.145. The molecule has 0 bridgehead atoms. The quantitative estimate of drug-likeness (QED) is 0.378. The highest BCUT2D eigenvalue weighted by atomic mass is 16.6. The number of hydrogen-bond donors (Lipinski definition) is 2. The summed E-state index contributed by atoms with van der Waals surface area (Å²) < 4.78 is 15.3. The molecule has 0 saturated heterocycles. The summed E-state index contributed by atoms with van der Waals surface area (Å²) in [6, 6.07) is 4.10. The van der Waals surface area contributed by atoms with Crippen molar-refractivity contribution in [2.45, 2.75) is 52.5 Å². The van der Waals surface area contributed by atoms with Crippen molar-refractivity contribution in [3.8, 4) is 5.75 Å². The lowest BCUT2D eigenvalue weighted by atomic mass is 10.0. The highest BCUT2D eigenvalue weighted by molar-refractivity contribution is 5.93. The van der Waals surface area contributed by atoms with Crippen LogP contribution in [-0.2, 0) is 25.5 Å². The van der Waals surface area contributed by atoms with Crippen molar-refractivity contribution in [2.75, 3.05) is 26.4 Å². The third kappa shape index (κ3) is 8.95. The molecule has 0 fully saturated rings. The van der Waals surface area contributed by atoms with Crippen LogP contribution in [0.25, 0.3) is 0 Å². The number of esters is 2. The number of rotatable bonds is 13. The van der Waals surface area contributed by atoms with Crippen molar-refractivity contribution < 1.29 is 28.6 Å². The van der Waals surface area contributed by atoms with Gasteiger partial charge in [0.1, 0.15) is 11.3 Å². The van der Waals surface area contributed by atoms with E-state index in [1.807, 2.05) is 0 Å². The molecule has 0 aromatic heterocycles. The summed E-state index contributed by atoms with van der Waals surface area (Å²) in [7, 11) is 0. The van der Waals surface area contributed by atoms with Gasteiger partial charge in [-0.05, 0) is 44.4 Å². The van der Waals surface area contributed by atoms with Crippen molar-refractivity contribution in [3.63, 3.8) is 0 Å². The fraction of sp³-hybridized carbons (Fsp3) is 0.571. The van der Waals surface area contributed by atoms with Gasteiger partial charge in [0.15, 0.2) is 6.61 Å². The van der Waals surface area contributed by atoms with E-state index in [9.17, 15) is 14.4 Å². The Balaban J connectivity index is 2.82. The number of carbonyl (C=O) groups excluding carboxylic acids is 3. The summed E-state index contributed by atoms with van der Waals surface area (Å²) >= 11 is 0. The van der Waals surface area contributed by atoms with Crippen LogP contribution in [-0.4, -0.2) is 50.3 Å². The van der Waals surface area contributed by atoms with Crippen LogP contribution in [0.15, 0.2) is 18.2 Å². The highest BCUT2D eigenvalue weighted by Crippen LogP contribution is 2.22. The molecule has 3 N–H and O–H groups in total. The van der Waals surface area contributed by atoms with Crippen LogP contribution in [0.4, 0.5) is 0 Å². The highest BCUT2D eigenvalue weighted by Gasteiger charge is 2.19. The van der Waals surface area contributed by atoms with Gasteiger partial charge in [0.05, 0.1) is 19.3 Å². The molecule has 162 valence electrons. The minimum absolute atomic E-state index is 0.171. The van der Waals surface area contributed by atoms with Gasteiger partial charge in [-0.3, -0.25) is 4.79 Å². The van der Waals surface area contributed by atoms with Crippen LogP contribution in [0.2, 0.25) is 0 Å². The number of ether oxygens (including phenoxy) is 3. The first kappa shape index (κ1) is 24.4. The fourth-order valence-electron chi connectivity index (χ4n) is 2.60. The minimum Gasteiger partial charge on any atom is -0.481 e. The number of benzene rings is 1. The largest absolute Gasteiger partial charge is 0.481 e. The van der Waals surface area contributed by atoms with Gasteiger partial charge < -0.3 is 25.3 Å². The van der Waals surface area contributed by atoms with Gasteiger partial charge in [0, 0.05) is 6.54 Å². The van der Waals surface area contributed by atoms with E-state index in [0.29, 0.717) is 12.1 Å². The zero-order chi connectivity index (χ0) is 21.6. The third-order valence-electron chi connectivity index (χ3n) is 4.06. The van der Waals surface area contributed by atoms with Gasteiger partial charge in [-0.2, -0.15) is 0 Å². The van der Waals surface area contributed by atoms with Crippen LogP contribution >= 0.6 is 0 Å². The Morgan fingerprint density at radius 1 is 1.07 bits per heavy atom. The molecule has 1 unspecified atom stereocenters. The van der Waals surface area contributed by atoms with Crippen molar-refractivity contribution >= 4 is 17.8 Å². The Hall–Kier alpha value is -2.61. The predicted octanol–water partition coefficient (Wildman–Crippen LogP) is 1.98. The van der Waals surface area contributed by atoms with E-state index in [4.69, 9.17) is 19.9 Å². The summed E-state index contributed by atoms with van der Waals surface area (Å²) in [4.78, 5) is 35.9. The van der Waals surface area contributed by atoms with Crippen molar-refractivity contribution in [3.05, 3.63) is 29.3 Å². The fourth-order valence-corrected chi connectivity index (χ4v) is 2.60. The molecule has 8 heteroatoms. The van der Waals surface area contributed by atoms with Crippen molar-refractivity contribution in [2.24, 2.45) is 5.73 Å². The Kier molecular flexibility index (Phi) is 11.4. The molecule has 1 atom stereocenters. The first-order valence-corrected chi connectivity index (χ1v) is 10.0. The monoisotopic (exact) mass is 408 g/mol. The average molecular weight is 408 g/mol. The van der Waals surface area contributed by atoms with Crippen molar-refractivity contribution in [1.29, 1.82) is 0 Å². The summed E-state index contributed by atoms with van der Waals surface area (Å²) in [5, 5.41) is 2.82. The molecule has 1 aromatic carbocycles. The van der Waals surface area contributed by atoms with Crippen LogP contribution in [0.3, 0.4) is 0 Å². The molecule has 1 aromatic rings. The molecular formula is C21H32N2O6. The zero-order valence-electron chi connectivity index (χ0n) is 17.5. The lowest BCUT2D eigenvalue weighted by Crippen LogP contribution is -2.42. The van der Waals surface area contributed by atoms with E-state index in [2.05, 4.69) is 12.2 Å². The Bertz CT molecular complexity index is 677. The van der Waals surface area contributed by atoms with E-state index < -0.39 is 18.0 Å². The normalized spacial score (nSPS) is 11.4. The third-order valence-corrected chi connectivity index (χ3v) is 4.06. The molecule has 1 rings (SSSR count). The lowest BCUT2D eigenvalue weighted by Gasteiger charge is -2.15. The van der Waals surface area contributed by atoms with Gasteiger partial charge in [0.2, 0.25) is 5.91 Å². The molecule has 0 aliphatic rings. The van der Waals surface area contributed by atoms with Crippen LogP contribution in [0.1, 0.15) is 56.0 Å². The second-order valence-corrected chi connectivity index (χ2v) is 6.45. The maximum atomic E-state index is 12.3. The van der Waals surface area contributed by atoms with Gasteiger partial charge in [-0.25, -0.2) is 9.59 Å². The SMILES string of the molecule is CCCCCNC(=O)C(N)Cc1ccc(OCC(=O)OCC)c(C(=O)OCC)c1. The molecule has 0 saturated carbocycles. The minimum atomic E-state index is -0.738. The standard InChI is InChI=1S/C21H32N2O6/c1-4-7-8-11-23-20(25)17(22)13-15-9-10-18(29-14-19(24)27-5-2)16(12-15)21(26)28-6-3/h9-10,12,17H,4-8,11,13-14,22H2,1-3H3,(H,23,25). The summed E-state index contributed by atoms with van der Waals surface area (Å²) in [5.74, 6) is -1.14. The van der Waals surface area contributed by atoms with E-state index in [-0.39, 0.29) is 43.5 Å². The molecule has 0 aliphatic heterocycles. The average Bonchev–Trinajstić information content (AvgIpc) is 2.70. The maximum Gasteiger partial charge on any atom is 0.344 e.